The summed E-state index contributed by atoms with van der Waals surface area (Å²) in [6.07, 6.45) is 2.80. The van der Waals surface area contributed by atoms with Gasteiger partial charge in [0, 0.05) is 30.6 Å². The van der Waals surface area contributed by atoms with Gasteiger partial charge in [0.2, 0.25) is 0 Å². The Morgan fingerprint density at radius 3 is 2.29 bits per heavy atom. The van der Waals surface area contributed by atoms with Crippen LogP contribution in [0.15, 0.2) is 0 Å². The highest BCUT2D eigenvalue weighted by Gasteiger charge is 2.66. The second-order valence-electron chi connectivity index (χ2n) is 8.29. The summed E-state index contributed by atoms with van der Waals surface area (Å²) in [6.45, 7) is 12.7. The predicted molar refractivity (Wildman–Crippen MR) is 91.7 cm³/mol. The molecular formula is C18H31N3O3. The van der Waals surface area contributed by atoms with Gasteiger partial charge in [0.15, 0.2) is 0 Å². The zero-order valence-corrected chi connectivity index (χ0v) is 15.8. The maximum Gasteiger partial charge on any atom is 0.324 e. The number of ether oxygens (including phenoxy) is 1. The lowest BCUT2D eigenvalue weighted by atomic mass is 9.60. The van der Waals surface area contributed by atoms with E-state index in [-0.39, 0.29) is 28.9 Å². The largest absolute Gasteiger partial charge is 0.372 e. The molecule has 0 aromatic carbocycles. The Balaban J connectivity index is 2.07. The molecule has 0 aromatic heterocycles. The lowest BCUT2D eigenvalue weighted by molar-refractivity contribution is -0.155. The van der Waals surface area contributed by atoms with Gasteiger partial charge < -0.3 is 10.1 Å². The van der Waals surface area contributed by atoms with E-state index in [1.54, 1.807) is 7.05 Å². The van der Waals surface area contributed by atoms with Crippen LogP contribution in [0.25, 0.3) is 0 Å². The molecule has 24 heavy (non-hydrogen) atoms. The van der Waals surface area contributed by atoms with Crippen LogP contribution in [0.5, 0.6) is 0 Å². The van der Waals surface area contributed by atoms with E-state index in [0.717, 1.165) is 26.0 Å². The fourth-order valence-corrected chi connectivity index (χ4v) is 4.98. The first-order valence-corrected chi connectivity index (χ1v) is 9.14. The molecule has 0 bridgehead atoms. The Hall–Kier alpha value is -1.14. The number of epoxide rings is 1. The van der Waals surface area contributed by atoms with Crippen LogP contribution in [0.2, 0.25) is 0 Å². The molecule has 0 radical (unpaired) electrons. The number of carbonyl (C=O) groups excluding carboxylic acids is 2. The normalized spacial score (nSPS) is 45.8. The zero-order chi connectivity index (χ0) is 17.9. The van der Waals surface area contributed by atoms with Gasteiger partial charge in [0.1, 0.15) is 5.54 Å². The zero-order valence-electron chi connectivity index (χ0n) is 15.8. The van der Waals surface area contributed by atoms with Gasteiger partial charge in [-0.2, -0.15) is 0 Å². The maximum atomic E-state index is 13.1. The minimum absolute atomic E-state index is 0.0229. The lowest BCUT2D eigenvalue weighted by Crippen LogP contribution is -2.75. The van der Waals surface area contributed by atoms with Crippen molar-refractivity contribution in [3.8, 4) is 0 Å². The number of amides is 3. The summed E-state index contributed by atoms with van der Waals surface area (Å²) in [4.78, 5) is 29.1. The topological polar surface area (TPSA) is 65.2 Å². The van der Waals surface area contributed by atoms with Crippen LogP contribution in [0.3, 0.4) is 0 Å². The average molecular weight is 337 g/mol. The van der Waals surface area contributed by atoms with Gasteiger partial charge >= 0.3 is 6.03 Å². The van der Waals surface area contributed by atoms with Crippen molar-refractivity contribution in [3.63, 3.8) is 0 Å². The third-order valence-corrected chi connectivity index (χ3v) is 7.19. The van der Waals surface area contributed by atoms with E-state index in [4.69, 9.17) is 4.74 Å². The van der Waals surface area contributed by atoms with E-state index in [2.05, 4.69) is 44.8 Å². The van der Waals surface area contributed by atoms with Gasteiger partial charge in [-0.3, -0.25) is 14.6 Å². The number of urea groups is 1. The molecule has 3 saturated heterocycles. The van der Waals surface area contributed by atoms with Crippen LogP contribution in [-0.2, 0) is 9.53 Å². The fourth-order valence-electron chi connectivity index (χ4n) is 4.98. The number of nitrogens with one attached hydrogen (secondary N) is 1. The predicted octanol–water partition coefficient (Wildman–Crippen LogP) is 1.98. The summed E-state index contributed by atoms with van der Waals surface area (Å²) in [6, 6.07) is -0.275. The average Bonchev–Trinajstić information content (AvgIpc) is 3.35. The molecule has 1 spiro atoms. The van der Waals surface area contributed by atoms with Gasteiger partial charge in [-0.25, -0.2) is 4.79 Å². The number of hydrogen-bond donors (Lipinski definition) is 1. The molecule has 1 N–H and O–H groups in total. The molecule has 5 unspecified atom stereocenters. The van der Waals surface area contributed by atoms with Gasteiger partial charge in [-0.05, 0) is 33.1 Å². The molecule has 136 valence electrons. The van der Waals surface area contributed by atoms with Crippen LogP contribution >= 0.6 is 0 Å². The number of likely N-dealkylation sites (tertiary alicyclic amines) is 1. The highest BCUT2D eigenvalue weighted by molar-refractivity contribution is 6.07. The van der Waals surface area contributed by atoms with E-state index in [1.807, 2.05) is 0 Å². The second kappa shape index (κ2) is 5.43. The van der Waals surface area contributed by atoms with Crippen molar-refractivity contribution < 1.29 is 14.3 Å². The first-order valence-electron chi connectivity index (χ1n) is 9.14. The van der Waals surface area contributed by atoms with E-state index >= 15 is 0 Å². The number of imide groups is 1. The molecule has 5 atom stereocenters. The summed E-state index contributed by atoms with van der Waals surface area (Å²) in [7, 11) is 1.58. The van der Waals surface area contributed by atoms with Crippen LogP contribution in [-0.4, -0.2) is 64.7 Å². The highest BCUT2D eigenvalue weighted by Crippen LogP contribution is 2.52. The first-order chi connectivity index (χ1) is 11.1. The van der Waals surface area contributed by atoms with Crippen LogP contribution < -0.4 is 5.32 Å². The van der Waals surface area contributed by atoms with E-state index in [0.29, 0.717) is 12.5 Å². The van der Waals surface area contributed by atoms with E-state index in [9.17, 15) is 9.59 Å². The highest BCUT2D eigenvalue weighted by atomic mass is 16.6. The number of hydrogen-bond acceptors (Lipinski definition) is 4. The smallest absolute Gasteiger partial charge is 0.324 e. The Bertz CT molecular complexity index is 564. The Labute approximate surface area is 144 Å². The quantitative estimate of drug-likeness (QED) is 0.629. The maximum absolute atomic E-state index is 13.1. The van der Waals surface area contributed by atoms with E-state index in [1.165, 1.54) is 4.90 Å². The molecule has 3 rings (SSSR count). The van der Waals surface area contributed by atoms with Gasteiger partial charge in [0.05, 0.1) is 12.7 Å². The molecular weight excluding hydrogens is 306 g/mol. The third kappa shape index (κ3) is 2.22. The Kier molecular flexibility index (Phi) is 4.00. The molecule has 3 aliphatic rings. The minimum atomic E-state index is -0.803. The van der Waals surface area contributed by atoms with Gasteiger partial charge in [-0.15, -0.1) is 0 Å². The monoisotopic (exact) mass is 337 g/mol. The van der Waals surface area contributed by atoms with Crippen molar-refractivity contribution in [2.75, 3.05) is 20.2 Å². The molecule has 0 aliphatic carbocycles. The number of likely N-dealkylation sites (N-methyl/N-ethyl adjacent to an activating group) is 1. The summed E-state index contributed by atoms with van der Waals surface area (Å²) in [5.74, 6) is -0.0588. The molecule has 3 amide bonds. The molecule has 3 aliphatic heterocycles. The number of nitrogens with zero attached hydrogens (tertiary/aromatic N) is 2. The van der Waals surface area contributed by atoms with Gasteiger partial charge in [0.25, 0.3) is 5.91 Å². The summed E-state index contributed by atoms with van der Waals surface area (Å²) < 4.78 is 5.51. The minimum Gasteiger partial charge on any atom is -0.372 e. The van der Waals surface area contributed by atoms with Crippen molar-refractivity contribution in [2.24, 2.45) is 5.92 Å². The number of rotatable bonds is 4. The van der Waals surface area contributed by atoms with Gasteiger partial charge in [-0.1, -0.05) is 20.8 Å². The fraction of sp³-hybridized carbons (Fsp3) is 0.889. The van der Waals surface area contributed by atoms with Crippen LogP contribution in [0, 0.1) is 5.92 Å². The van der Waals surface area contributed by atoms with Crippen molar-refractivity contribution in [1.82, 2.24) is 15.1 Å². The Morgan fingerprint density at radius 2 is 1.88 bits per heavy atom. The Morgan fingerprint density at radius 1 is 1.25 bits per heavy atom. The van der Waals surface area contributed by atoms with Crippen molar-refractivity contribution in [3.05, 3.63) is 0 Å². The number of piperidine rings is 1. The molecule has 6 nitrogen and oxygen atoms in total. The third-order valence-electron chi connectivity index (χ3n) is 7.19. The van der Waals surface area contributed by atoms with E-state index < -0.39 is 5.54 Å². The van der Waals surface area contributed by atoms with Crippen molar-refractivity contribution in [2.45, 2.75) is 76.6 Å². The summed E-state index contributed by atoms with van der Waals surface area (Å²) >= 11 is 0. The van der Waals surface area contributed by atoms with Crippen LogP contribution in [0.4, 0.5) is 4.79 Å². The van der Waals surface area contributed by atoms with Crippen molar-refractivity contribution >= 4 is 11.9 Å². The molecule has 3 fully saturated rings. The summed E-state index contributed by atoms with van der Waals surface area (Å²) in [5.41, 5.74) is -1.14. The lowest BCUT2D eigenvalue weighted by Gasteiger charge is -2.63. The number of carbonyl (C=O) groups is 2. The standard InChI is InChI=1S/C18H31N3O3/c1-7-16(4)11-18(14(22)20(6)15(23)19-18)12(3)17(5,8-2)21(16)9-13-10-24-13/h12-13H,7-11H2,1-6H3,(H,19,23). The summed E-state index contributed by atoms with van der Waals surface area (Å²) in [5, 5.41) is 3.07. The second-order valence-corrected chi connectivity index (χ2v) is 8.29. The molecule has 3 heterocycles. The van der Waals surface area contributed by atoms with Crippen molar-refractivity contribution in [1.29, 1.82) is 0 Å². The van der Waals surface area contributed by atoms with Crippen LogP contribution in [0.1, 0.15) is 53.9 Å². The molecule has 0 saturated carbocycles. The SMILES string of the molecule is CCC1(C)CC2(NC(=O)N(C)C2=O)C(C)C(C)(CC)N1CC1CO1. The molecule has 6 heteroatoms. The molecule has 0 aromatic rings. The first kappa shape index (κ1) is 17.7.